The Balaban J connectivity index is 1.76. The molecule has 0 fully saturated rings. The molecule has 0 radical (unpaired) electrons. The first-order valence-electron chi connectivity index (χ1n) is 8.63. The van der Waals surface area contributed by atoms with E-state index in [1.807, 2.05) is 6.92 Å². The van der Waals surface area contributed by atoms with Gasteiger partial charge < -0.3 is 5.32 Å². The fraction of sp³-hybridized carbons (Fsp3) is 0.350. The molecule has 130 valence electrons. The number of rotatable bonds is 4. The highest BCUT2D eigenvalue weighted by Crippen LogP contribution is 2.25. The van der Waals surface area contributed by atoms with E-state index in [9.17, 15) is 14.9 Å². The Labute approximate surface area is 147 Å². The Morgan fingerprint density at radius 1 is 1.12 bits per heavy atom. The summed E-state index contributed by atoms with van der Waals surface area (Å²) in [5, 5.41) is 14.0. The molecule has 1 amide bonds. The van der Waals surface area contributed by atoms with Crippen molar-refractivity contribution in [1.29, 1.82) is 0 Å². The van der Waals surface area contributed by atoms with Gasteiger partial charge in [-0.05, 0) is 62.3 Å². The summed E-state index contributed by atoms with van der Waals surface area (Å²) in [6.45, 7) is 3.60. The zero-order valence-electron chi connectivity index (χ0n) is 14.5. The van der Waals surface area contributed by atoms with E-state index < -0.39 is 4.92 Å². The number of nitro groups is 1. The molecule has 0 saturated heterocycles. The molecule has 0 heterocycles. The van der Waals surface area contributed by atoms with Crippen LogP contribution in [-0.2, 0) is 12.8 Å². The van der Waals surface area contributed by atoms with E-state index in [1.54, 1.807) is 19.1 Å². The molecule has 0 aliphatic heterocycles. The van der Waals surface area contributed by atoms with Crippen molar-refractivity contribution in [3.63, 3.8) is 0 Å². The van der Waals surface area contributed by atoms with Crippen molar-refractivity contribution >= 4 is 11.6 Å². The lowest BCUT2D eigenvalue weighted by Gasteiger charge is -2.20. The second-order valence-corrected chi connectivity index (χ2v) is 6.69. The maximum absolute atomic E-state index is 12.5. The van der Waals surface area contributed by atoms with Gasteiger partial charge in [-0.3, -0.25) is 14.9 Å². The molecule has 0 bridgehead atoms. The quantitative estimate of drug-likeness (QED) is 0.668. The summed E-state index contributed by atoms with van der Waals surface area (Å²) in [5.41, 5.74) is 4.66. The van der Waals surface area contributed by atoms with E-state index in [0.717, 1.165) is 18.4 Å². The van der Waals surface area contributed by atoms with Gasteiger partial charge in [0.1, 0.15) is 0 Å². The van der Waals surface area contributed by atoms with E-state index in [2.05, 4.69) is 23.5 Å². The summed E-state index contributed by atoms with van der Waals surface area (Å²) in [4.78, 5) is 23.1. The van der Waals surface area contributed by atoms with Crippen molar-refractivity contribution in [3.05, 3.63) is 74.3 Å². The Morgan fingerprint density at radius 3 is 2.56 bits per heavy atom. The lowest BCUT2D eigenvalue weighted by molar-refractivity contribution is -0.385. The number of hydrogen-bond acceptors (Lipinski definition) is 3. The number of benzene rings is 2. The van der Waals surface area contributed by atoms with Crippen molar-refractivity contribution in [3.8, 4) is 0 Å². The lowest BCUT2D eigenvalue weighted by atomic mass is 9.89. The van der Waals surface area contributed by atoms with E-state index in [1.165, 1.54) is 30.0 Å². The lowest BCUT2D eigenvalue weighted by Crippen LogP contribution is -2.27. The highest BCUT2D eigenvalue weighted by atomic mass is 16.6. The third-order valence-corrected chi connectivity index (χ3v) is 4.89. The minimum atomic E-state index is -0.459. The van der Waals surface area contributed by atoms with Gasteiger partial charge in [-0.15, -0.1) is 0 Å². The summed E-state index contributed by atoms with van der Waals surface area (Å²) in [6.07, 6.45) is 4.67. The zero-order chi connectivity index (χ0) is 18.0. The van der Waals surface area contributed by atoms with E-state index in [4.69, 9.17) is 0 Å². The van der Waals surface area contributed by atoms with Crippen LogP contribution in [0.5, 0.6) is 0 Å². The normalized spacial score (nSPS) is 14.5. The predicted molar refractivity (Wildman–Crippen MR) is 96.8 cm³/mol. The van der Waals surface area contributed by atoms with Crippen molar-refractivity contribution < 1.29 is 9.72 Å². The summed E-state index contributed by atoms with van der Waals surface area (Å²) in [6, 6.07) is 10.8. The molecule has 1 aliphatic carbocycles. The van der Waals surface area contributed by atoms with Crippen LogP contribution < -0.4 is 5.32 Å². The topological polar surface area (TPSA) is 72.2 Å². The number of aryl methyl sites for hydroxylation is 3. The minimum absolute atomic E-state index is 0.0333. The molecule has 25 heavy (non-hydrogen) atoms. The molecule has 3 rings (SSSR count). The van der Waals surface area contributed by atoms with Crippen molar-refractivity contribution in [2.24, 2.45) is 0 Å². The number of carbonyl (C=O) groups is 1. The monoisotopic (exact) mass is 338 g/mol. The first kappa shape index (κ1) is 17.1. The average Bonchev–Trinajstić information content (AvgIpc) is 2.61. The maximum atomic E-state index is 12.5. The van der Waals surface area contributed by atoms with Gasteiger partial charge in [0, 0.05) is 17.2 Å². The molecule has 0 spiro atoms. The van der Waals surface area contributed by atoms with Crippen molar-refractivity contribution in [2.75, 3.05) is 0 Å². The number of hydrogen-bond donors (Lipinski definition) is 1. The fourth-order valence-electron chi connectivity index (χ4n) is 3.33. The number of nitrogens with one attached hydrogen (secondary N) is 1. The van der Waals surface area contributed by atoms with E-state index >= 15 is 0 Å². The van der Waals surface area contributed by atoms with E-state index in [-0.39, 0.29) is 17.6 Å². The van der Waals surface area contributed by atoms with Gasteiger partial charge >= 0.3 is 0 Å². The number of nitro benzene ring substituents is 1. The SMILES string of the molecule is Cc1ccc(C(=O)N[C@H](C)c2ccc3c(c2)CCCC3)cc1[N+](=O)[O-]. The third kappa shape index (κ3) is 3.71. The Bertz CT molecular complexity index is 830. The highest BCUT2D eigenvalue weighted by Gasteiger charge is 2.18. The van der Waals surface area contributed by atoms with Crippen LogP contribution in [0.1, 0.15) is 58.4 Å². The molecule has 5 nitrogen and oxygen atoms in total. The number of carbonyl (C=O) groups excluding carboxylic acids is 1. The Kier molecular flexibility index (Phi) is 4.83. The summed E-state index contributed by atoms with van der Waals surface area (Å²) >= 11 is 0. The fourth-order valence-corrected chi connectivity index (χ4v) is 3.33. The van der Waals surface area contributed by atoms with Gasteiger partial charge in [-0.2, -0.15) is 0 Å². The van der Waals surface area contributed by atoms with Crippen LogP contribution in [0.25, 0.3) is 0 Å². The van der Waals surface area contributed by atoms with Crippen LogP contribution in [-0.4, -0.2) is 10.8 Å². The van der Waals surface area contributed by atoms with Crippen LogP contribution in [0.4, 0.5) is 5.69 Å². The smallest absolute Gasteiger partial charge is 0.273 e. The number of amides is 1. The van der Waals surface area contributed by atoms with Crippen LogP contribution in [0.2, 0.25) is 0 Å². The third-order valence-electron chi connectivity index (χ3n) is 4.89. The van der Waals surface area contributed by atoms with Crippen LogP contribution in [0, 0.1) is 17.0 Å². The first-order chi connectivity index (χ1) is 12.0. The van der Waals surface area contributed by atoms with Gasteiger partial charge in [0.2, 0.25) is 0 Å². The summed E-state index contributed by atoms with van der Waals surface area (Å²) in [7, 11) is 0. The van der Waals surface area contributed by atoms with Crippen molar-refractivity contribution in [2.45, 2.75) is 45.6 Å². The second-order valence-electron chi connectivity index (χ2n) is 6.69. The van der Waals surface area contributed by atoms with Crippen molar-refractivity contribution in [1.82, 2.24) is 5.32 Å². The molecule has 0 unspecified atom stereocenters. The average molecular weight is 338 g/mol. The van der Waals surface area contributed by atoms with Gasteiger partial charge in [-0.25, -0.2) is 0 Å². The van der Waals surface area contributed by atoms with Crippen LogP contribution in [0.15, 0.2) is 36.4 Å². The predicted octanol–water partition coefficient (Wildman–Crippen LogP) is 4.27. The molecule has 2 aromatic carbocycles. The molecular formula is C20H22N2O3. The Hall–Kier alpha value is -2.69. The van der Waals surface area contributed by atoms with Gasteiger partial charge in [0.25, 0.3) is 11.6 Å². The zero-order valence-corrected chi connectivity index (χ0v) is 14.5. The Morgan fingerprint density at radius 2 is 1.84 bits per heavy atom. The summed E-state index contributed by atoms with van der Waals surface area (Å²) < 4.78 is 0. The van der Waals surface area contributed by atoms with Gasteiger partial charge in [0.05, 0.1) is 11.0 Å². The minimum Gasteiger partial charge on any atom is -0.346 e. The molecule has 1 N–H and O–H groups in total. The van der Waals surface area contributed by atoms with E-state index in [0.29, 0.717) is 11.1 Å². The van der Waals surface area contributed by atoms with Gasteiger partial charge in [-0.1, -0.05) is 24.3 Å². The highest BCUT2D eigenvalue weighted by molar-refractivity contribution is 5.95. The van der Waals surface area contributed by atoms with Gasteiger partial charge in [0.15, 0.2) is 0 Å². The molecule has 2 aromatic rings. The molecule has 0 saturated carbocycles. The molecule has 5 heteroatoms. The number of nitrogens with zero attached hydrogens (tertiary/aromatic N) is 1. The number of fused-ring (bicyclic) bond motifs is 1. The standard InChI is InChI=1S/C20H22N2O3/c1-13-7-8-18(12-19(13)22(24)25)20(23)21-14(2)16-10-9-15-5-3-4-6-17(15)11-16/h7-12,14H,3-6H2,1-2H3,(H,21,23)/t14-/m1/s1. The maximum Gasteiger partial charge on any atom is 0.273 e. The second kappa shape index (κ2) is 7.05. The largest absolute Gasteiger partial charge is 0.346 e. The molecular weight excluding hydrogens is 316 g/mol. The summed E-state index contributed by atoms with van der Waals surface area (Å²) in [5.74, 6) is -0.298. The van der Waals surface area contributed by atoms with Crippen LogP contribution in [0.3, 0.4) is 0 Å². The van der Waals surface area contributed by atoms with Crippen LogP contribution >= 0.6 is 0 Å². The molecule has 0 aromatic heterocycles. The first-order valence-corrected chi connectivity index (χ1v) is 8.63. The molecule has 1 aliphatic rings. The molecule has 1 atom stereocenters.